The van der Waals surface area contributed by atoms with Crippen LogP contribution in [-0.2, 0) is 7.05 Å². The van der Waals surface area contributed by atoms with Gasteiger partial charge in [0, 0.05) is 18.9 Å². The molecule has 0 saturated carbocycles. The van der Waals surface area contributed by atoms with Crippen LogP contribution in [0.5, 0.6) is 0 Å². The maximum absolute atomic E-state index is 8.83. The number of nitrogens with zero attached hydrogens (tertiary/aromatic N) is 4. The van der Waals surface area contributed by atoms with Gasteiger partial charge >= 0.3 is 0 Å². The first-order valence-corrected chi connectivity index (χ1v) is 4.82. The second-order valence-electron chi connectivity index (χ2n) is 3.52. The van der Waals surface area contributed by atoms with Crippen molar-refractivity contribution < 1.29 is 0 Å². The molecule has 0 unspecified atom stereocenters. The van der Waals surface area contributed by atoms with Crippen molar-refractivity contribution in [3.63, 3.8) is 0 Å². The van der Waals surface area contributed by atoms with E-state index in [1.807, 2.05) is 20.2 Å². The molecule has 5 nitrogen and oxygen atoms in total. The third kappa shape index (κ3) is 2.17. The number of hydrogen-bond acceptors (Lipinski definition) is 4. The van der Waals surface area contributed by atoms with Crippen LogP contribution < -0.4 is 5.32 Å². The van der Waals surface area contributed by atoms with E-state index in [2.05, 4.69) is 21.5 Å². The van der Waals surface area contributed by atoms with E-state index in [1.54, 1.807) is 23.0 Å². The fraction of sp³-hybridized carbons (Fsp3) is 0.182. The predicted octanol–water partition coefficient (Wildman–Crippen LogP) is 1.74. The number of aryl methyl sites for hydroxylation is 2. The lowest BCUT2D eigenvalue weighted by atomic mass is 10.2. The Morgan fingerprint density at radius 2 is 2.25 bits per heavy atom. The topological polar surface area (TPSA) is 66.5 Å². The van der Waals surface area contributed by atoms with Crippen LogP contribution in [0, 0.1) is 18.3 Å². The lowest BCUT2D eigenvalue weighted by molar-refractivity contribution is 0.768. The molecule has 0 radical (unpaired) electrons. The highest BCUT2D eigenvalue weighted by Gasteiger charge is 2.01. The highest BCUT2D eigenvalue weighted by molar-refractivity contribution is 5.56. The summed E-state index contributed by atoms with van der Waals surface area (Å²) in [5.41, 5.74) is 2.26. The average Bonchev–Trinajstić information content (AvgIpc) is 2.63. The van der Waals surface area contributed by atoms with E-state index in [4.69, 9.17) is 5.26 Å². The van der Waals surface area contributed by atoms with Crippen LogP contribution >= 0.6 is 0 Å². The molecule has 0 aliphatic carbocycles. The van der Waals surface area contributed by atoms with Crippen molar-refractivity contribution >= 4 is 11.5 Å². The Balaban J connectivity index is 2.28. The van der Waals surface area contributed by atoms with Gasteiger partial charge in [-0.05, 0) is 19.1 Å². The van der Waals surface area contributed by atoms with Crippen molar-refractivity contribution in [2.24, 2.45) is 7.05 Å². The van der Waals surface area contributed by atoms with Gasteiger partial charge in [-0.3, -0.25) is 4.68 Å². The van der Waals surface area contributed by atoms with Gasteiger partial charge in [-0.15, -0.1) is 0 Å². The highest BCUT2D eigenvalue weighted by atomic mass is 15.3. The Labute approximate surface area is 93.4 Å². The molecule has 5 heteroatoms. The van der Waals surface area contributed by atoms with Crippen LogP contribution in [0.3, 0.4) is 0 Å². The summed E-state index contributed by atoms with van der Waals surface area (Å²) >= 11 is 0. The van der Waals surface area contributed by atoms with E-state index in [-0.39, 0.29) is 0 Å². The van der Waals surface area contributed by atoms with Crippen LogP contribution in [-0.4, -0.2) is 14.8 Å². The van der Waals surface area contributed by atoms with Gasteiger partial charge in [0.25, 0.3) is 0 Å². The smallest absolute Gasteiger partial charge is 0.132 e. The second-order valence-corrected chi connectivity index (χ2v) is 3.52. The van der Waals surface area contributed by atoms with Crippen molar-refractivity contribution in [3.8, 4) is 6.07 Å². The predicted molar refractivity (Wildman–Crippen MR) is 60.2 cm³/mol. The first-order chi connectivity index (χ1) is 7.67. The zero-order chi connectivity index (χ0) is 11.5. The van der Waals surface area contributed by atoms with Crippen molar-refractivity contribution in [1.82, 2.24) is 14.8 Å². The van der Waals surface area contributed by atoms with Gasteiger partial charge in [-0.25, -0.2) is 4.98 Å². The Morgan fingerprint density at radius 1 is 1.44 bits per heavy atom. The molecular weight excluding hydrogens is 202 g/mol. The van der Waals surface area contributed by atoms with Crippen molar-refractivity contribution in [2.45, 2.75) is 6.92 Å². The molecular formula is C11H11N5. The zero-order valence-corrected chi connectivity index (χ0v) is 9.10. The van der Waals surface area contributed by atoms with E-state index in [9.17, 15) is 0 Å². The largest absolute Gasteiger partial charge is 0.338 e. The SMILES string of the molecule is Cc1cc(C#N)cc(Nc2cnn(C)c2)n1. The molecule has 16 heavy (non-hydrogen) atoms. The molecule has 2 aromatic rings. The lowest BCUT2D eigenvalue weighted by Crippen LogP contribution is -1.95. The van der Waals surface area contributed by atoms with E-state index in [1.165, 1.54) is 0 Å². The first kappa shape index (κ1) is 10.2. The summed E-state index contributed by atoms with van der Waals surface area (Å²) in [5, 5.41) is 16.0. The van der Waals surface area contributed by atoms with Crippen LogP contribution in [0.1, 0.15) is 11.3 Å². The Bertz CT molecular complexity index is 550. The molecule has 2 rings (SSSR count). The maximum atomic E-state index is 8.83. The molecule has 0 spiro atoms. The van der Waals surface area contributed by atoms with Gasteiger partial charge in [-0.1, -0.05) is 0 Å². The number of aromatic nitrogens is 3. The Hall–Kier alpha value is -2.35. The Kier molecular flexibility index (Phi) is 2.56. The number of hydrogen-bond donors (Lipinski definition) is 1. The minimum Gasteiger partial charge on any atom is -0.338 e. The molecule has 0 aliphatic heterocycles. The zero-order valence-electron chi connectivity index (χ0n) is 9.10. The van der Waals surface area contributed by atoms with Gasteiger partial charge in [-0.2, -0.15) is 10.4 Å². The minimum absolute atomic E-state index is 0.596. The normalized spacial score (nSPS) is 9.81. The van der Waals surface area contributed by atoms with E-state index >= 15 is 0 Å². The fourth-order valence-corrected chi connectivity index (χ4v) is 1.43. The molecule has 80 valence electrons. The van der Waals surface area contributed by atoms with Crippen molar-refractivity contribution in [1.29, 1.82) is 5.26 Å². The van der Waals surface area contributed by atoms with Gasteiger partial charge in [0.1, 0.15) is 5.82 Å². The van der Waals surface area contributed by atoms with Gasteiger partial charge in [0.05, 0.1) is 23.5 Å². The average molecular weight is 213 g/mol. The minimum atomic E-state index is 0.596. The molecule has 0 atom stereocenters. The maximum Gasteiger partial charge on any atom is 0.132 e. The molecule has 0 saturated heterocycles. The summed E-state index contributed by atoms with van der Waals surface area (Å²) < 4.78 is 1.70. The van der Waals surface area contributed by atoms with Crippen LogP contribution in [0.2, 0.25) is 0 Å². The number of nitrogens with one attached hydrogen (secondary N) is 1. The molecule has 0 bridgehead atoms. The molecule has 0 aromatic carbocycles. The Morgan fingerprint density at radius 3 is 2.88 bits per heavy atom. The number of rotatable bonds is 2. The number of nitriles is 1. The molecule has 2 aromatic heterocycles. The van der Waals surface area contributed by atoms with E-state index in [0.29, 0.717) is 11.4 Å². The summed E-state index contributed by atoms with van der Waals surface area (Å²) in [6, 6.07) is 5.55. The van der Waals surface area contributed by atoms with Crippen molar-refractivity contribution in [2.75, 3.05) is 5.32 Å². The van der Waals surface area contributed by atoms with Gasteiger partial charge in [0.15, 0.2) is 0 Å². The quantitative estimate of drug-likeness (QED) is 0.825. The monoisotopic (exact) mass is 213 g/mol. The van der Waals surface area contributed by atoms with Crippen LogP contribution in [0.4, 0.5) is 11.5 Å². The third-order valence-corrected chi connectivity index (χ3v) is 2.06. The van der Waals surface area contributed by atoms with Gasteiger partial charge < -0.3 is 5.32 Å². The number of pyridine rings is 1. The third-order valence-electron chi connectivity index (χ3n) is 2.06. The number of anilines is 2. The molecule has 2 heterocycles. The van der Waals surface area contributed by atoms with E-state index in [0.717, 1.165) is 11.4 Å². The second kappa shape index (κ2) is 4.03. The first-order valence-electron chi connectivity index (χ1n) is 4.82. The summed E-state index contributed by atoms with van der Waals surface area (Å²) in [6.45, 7) is 1.86. The summed E-state index contributed by atoms with van der Waals surface area (Å²) in [7, 11) is 1.84. The summed E-state index contributed by atoms with van der Waals surface area (Å²) in [5.74, 6) is 0.657. The van der Waals surface area contributed by atoms with Crippen LogP contribution in [0.15, 0.2) is 24.5 Å². The molecule has 0 aliphatic rings. The summed E-state index contributed by atoms with van der Waals surface area (Å²) in [4.78, 5) is 4.29. The molecule has 0 fully saturated rings. The lowest BCUT2D eigenvalue weighted by Gasteiger charge is -2.03. The van der Waals surface area contributed by atoms with Crippen LogP contribution in [0.25, 0.3) is 0 Å². The summed E-state index contributed by atoms with van der Waals surface area (Å²) in [6.07, 6.45) is 3.55. The van der Waals surface area contributed by atoms with E-state index < -0.39 is 0 Å². The highest BCUT2D eigenvalue weighted by Crippen LogP contribution is 2.15. The molecule has 0 amide bonds. The van der Waals surface area contributed by atoms with Gasteiger partial charge in [0.2, 0.25) is 0 Å². The fourth-order valence-electron chi connectivity index (χ4n) is 1.43. The standard InChI is InChI=1S/C11H11N5/c1-8-3-9(5-12)4-11(14-8)15-10-6-13-16(2)7-10/h3-4,6-7H,1-2H3,(H,14,15). The van der Waals surface area contributed by atoms with Crippen molar-refractivity contribution in [3.05, 3.63) is 35.8 Å². The molecule has 1 N–H and O–H groups in total.